The molecule has 0 radical (unpaired) electrons. The third-order valence-corrected chi connectivity index (χ3v) is 3.09. The average Bonchev–Trinajstić information content (AvgIpc) is 3.19. The number of fused-ring (bicyclic) bond motifs is 1. The molecule has 3 aromatic rings. The molecule has 134 valence electrons. The van der Waals surface area contributed by atoms with E-state index in [4.69, 9.17) is 10.8 Å². The number of imidazole rings is 1. The maximum atomic E-state index is 13.1. The predicted molar refractivity (Wildman–Crippen MR) is 95.8 cm³/mol. The number of pyridine rings is 1. The summed E-state index contributed by atoms with van der Waals surface area (Å²) in [5.74, 6) is -2.16. The van der Waals surface area contributed by atoms with Crippen molar-refractivity contribution < 1.29 is 14.3 Å². The fourth-order valence-corrected chi connectivity index (χ4v) is 1.85. The Kier molecular flexibility index (Phi) is 9.47. The molecule has 3 rings (SSSR count). The van der Waals surface area contributed by atoms with Gasteiger partial charge in [0.2, 0.25) is 0 Å². The molecule has 0 spiro atoms. The fourth-order valence-electron chi connectivity index (χ4n) is 1.85. The van der Waals surface area contributed by atoms with E-state index < -0.39 is 17.5 Å². The molecule has 1 aromatic carbocycles. The first-order valence-electron chi connectivity index (χ1n) is 8.01. The lowest BCUT2D eigenvalue weighted by Crippen LogP contribution is -2.04. The molecule has 4 N–H and O–H groups in total. The van der Waals surface area contributed by atoms with Gasteiger partial charge in [0.1, 0.15) is 0 Å². The summed E-state index contributed by atoms with van der Waals surface area (Å²) in [6.07, 6.45) is 8.84. The largest absolute Gasteiger partial charge is 0.476 e. The zero-order chi connectivity index (χ0) is 18.5. The predicted octanol–water partition coefficient (Wildman–Crippen LogP) is 3.62. The molecule has 2 aromatic heterocycles. The normalized spacial score (nSPS) is 9.56. The topological polar surface area (TPSA) is 105 Å². The maximum absolute atomic E-state index is 13.1. The molecule has 0 aliphatic rings. The number of nitrogens with one attached hydrogen (secondary N) is 1. The van der Waals surface area contributed by atoms with Gasteiger partial charge in [-0.25, -0.2) is 19.2 Å². The number of hydrogen-bond acceptors (Lipinski definition) is 4. The highest BCUT2D eigenvalue weighted by Gasteiger charge is 2.12. The second kappa shape index (κ2) is 11.7. The lowest BCUT2D eigenvalue weighted by molar-refractivity contribution is 0.0685. The van der Waals surface area contributed by atoms with Crippen LogP contribution in [0.1, 0.15) is 36.7 Å². The van der Waals surface area contributed by atoms with Gasteiger partial charge in [0.05, 0.1) is 11.8 Å². The molecular formula is C18H23FN4O2. The Morgan fingerprint density at radius 2 is 2.08 bits per heavy atom. The van der Waals surface area contributed by atoms with Crippen molar-refractivity contribution in [1.82, 2.24) is 15.0 Å². The van der Waals surface area contributed by atoms with Crippen LogP contribution >= 0.6 is 0 Å². The molecule has 7 heteroatoms. The van der Waals surface area contributed by atoms with Crippen LogP contribution in [-0.4, -0.2) is 32.6 Å². The summed E-state index contributed by atoms with van der Waals surface area (Å²) in [4.78, 5) is 20.7. The van der Waals surface area contributed by atoms with E-state index in [9.17, 15) is 9.18 Å². The molecular weight excluding hydrogens is 323 g/mol. The Morgan fingerprint density at radius 1 is 1.32 bits per heavy atom. The number of H-pyrrole nitrogens is 1. The Bertz CT molecular complexity index is 727. The van der Waals surface area contributed by atoms with Crippen molar-refractivity contribution in [3.63, 3.8) is 0 Å². The number of carboxylic acids is 1. The Labute approximate surface area is 145 Å². The molecule has 0 aliphatic heterocycles. The van der Waals surface area contributed by atoms with E-state index in [-0.39, 0.29) is 0 Å². The number of para-hydroxylation sites is 1. The van der Waals surface area contributed by atoms with Crippen LogP contribution < -0.4 is 5.73 Å². The number of aromatic amines is 1. The number of nitrogens with two attached hydrogens (primary N) is 1. The number of benzene rings is 1. The minimum Gasteiger partial charge on any atom is -0.476 e. The first kappa shape index (κ1) is 20.2. The molecule has 0 saturated carbocycles. The van der Waals surface area contributed by atoms with Crippen LogP contribution in [0.15, 0.2) is 49.1 Å². The van der Waals surface area contributed by atoms with Crippen molar-refractivity contribution in [2.45, 2.75) is 26.2 Å². The first-order chi connectivity index (χ1) is 12.1. The molecule has 25 heavy (non-hydrogen) atoms. The molecule has 0 amide bonds. The van der Waals surface area contributed by atoms with Crippen molar-refractivity contribution in [3.05, 3.63) is 60.6 Å². The summed E-state index contributed by atoms with van der Waals surface area (Å²) >= 11 is 0. The monoisotopic (exact) mass is 346 g/mol. The smallest absolute Gasteiger partial charge is 0.357 e. The zero-order valence-electron chi connectivity index (χ0n) is 14.2. The van der Waals surface area contributed by atoms with Gasteiger partial charge in [0.25, 0.3) is 0 Å². The summed E-state index contributed by atoms with van der Waals surface area (Å²) < 4.78 is 13.1. The summed E-state index contributed by atoms with van der Waals surface area (Å²) in [5, 5.41) is 9.22. The van der Waals surface area contributed by atoms with Gasteiger partial charge in [0.15, 0.2) is 11.5 Å². The van der Waals surface area contributed by atoms with E-state index in [2.05, 4.69) is 21.9 Å². The minimum atomic E-state index is -1.35. The number of unbranched alkanes of at least 4 members (excludes halogenated alkanes) is 2. The van der Waals surface area contributed by atoms with Crippen LogP contribution in [0.5, 0.6) is 0 Å². The van der Waals surface area contributed by atoms with Gasteiger partial charge in [-0.3, -0.25) is 0 Å². The number of aromatic nitrogens is 3. The highest BCUT2D eigenvalue weighted by atomic mass is 19.1. The maximum Gasteiger partial charge on any atom is 0.357 e. The molecule has 0 saturated heterocycles. The number of halogens is 1. The Balaban J connectivity index is 0.000000235. The third kappa shape index (κ3) is 7.54. The Hall–Kier alpha value is -2.80. The number of rotatable bonds is 4. The van der Waals surface area contributed by atoms with Crippen LogP contribution in [-0.2, 0) is 0 Å². The Morgan fingerprint density at radius 3 is 2.56 bits per heavy atom. The first-order valence-corrected chi connectivity index (χ1v) is 8.01. The van der Waals surface area contributed by atoms with Crippen LogP contribution in [0.2, 0.25) is 0 Å². The molecule has 0 fully saturated rings. The van der Waals surface area contributed by atoms with Gasteiger partial charge in [-0.15, -0.1) is 0 Å². The van der Waals surface area contributed by atoms with Crippen molar-refractivity contribution >= 4 is 16.9 Å². The van der Waals surface area contributed by atoms with Crippen molar-refractivity contribution in [3.8, 4) is 0 Å². The summed E-state index contributed by atoms with van der Waals surface area (Å²) in [6.45, 7) is 3.03. The quantitative estimate of drug-likeness (QED) is 0.626. The van der Waals surface area contributed by atoms with E-state index in [0.29, 0.717) is 10.9 Å². The van der Waals surface area contributed by atoms with Gasteiger partial charge in [-0.2, -0.15) is 0 Å². The van der Waals surface area contributed by atoms with Gasteiger partial charge in [0, 0.05) is 17.8 Å². The van der Waals surface area contributed by atoms with Crippen LogP contribution in [0.4, 0.5) is 4.39 Å². The molecule has 0 unspecified atom stereocenters. The zero-order valence-corrected chi connectivity index (χ0v) is 14.2. The van der Waals surface area contributed by atoms with E-state index in [1.54, 1.807) is 43.0 Å². The third-order valence-electron chi connectivity index (χ3n) is 3.09. The number of hydrogen-bond donors (Lipinski definition) is 3. The van der Waals surface area contributed by atoms with Crippen LogP contribution in [0, 0.1) is 5.82 Å². The van der Waals surface area contributed by atoms with Gasteiger partial charge in [-0.05, 0) is 25.1 Å². The van der Waals surface area contributed by atoms with E-state index in [1.165, 1.54) is 25.3 Å². The van der Waals surface area contributed by atoms with Crippen LogP contribution in [0.25, 0.3) is 10.9 Å². The van der Waals surface area contributed by atoms with Gasteiger partial charge in [-0.1, -0.05) is 38.0 Å². The number of aromatic carboxylic acids is 1. The van der Waals surface area contributed by atoms with E-state index in [0.717, 1.165) is 6.54 Å². The number of nitrogens with zero attached hydrogens (tertiary/aromatic N) is 2. The number of carboxylic acid groups (broad SMARTS) is 1. The minimum absolute atomic E-state index is 0.478. The summed E-state index contributed by atoms with van der Waals surface area (Å²) in [7, 11) is 0. The summed E-state index contributed by atoms with van der Waals surface area (Å²) in [6, 6.07) is 7.95. The van der Waals surface area contributed by atoms with Crippen molar-refractivity contribution in [2.75, 3.05) is 6.54 Å². The lowest BCUT2D eigenvalue weighted by Gasteiger charge is -1.99. The molecule has 0 bridgehead atoms. The van der Waals surface area contributed by atoms with Crippen molar-refractivity contribution in [1.29, 1.82) is 0 Å². The highest BCUT2D eigenvalue weighted by molar-refractivity contribution is 5.90. The molecule has 0 aliphatic carbocycles. The van der Waals surface area contributed by atoms with E-state index >= 15 is 0 Å². The molecule has 6 nitrogen and oxygen atoms in total. The van der Waals surface area contributed by atoms with E-state index in [1.807, 2.05) is 0 Å². The second-order valence-electron chi connectivity index (χ2n) is 5.07. The molecule has 0 atom stereocenters. The van der Waals surface area contributed by atoms with Gasteiger partial charge >= 0.3 is 5.97 Å². The second-order valence-corrected chi connectivity index (χ2v) is 5.07. The fraction of sp³-hybridized carbons (Fsp3) is 0.278. The molecule has 2 heterocycles. The number of carbonyl (C=O) groups is 1. The van der Waals surface area contributed by atoms with Gasteiger partial charge < -0.3 is 15.8 Å². The van der Waals surface area contributed by atoms with Crippen LogP contribution in [0.3, 0.4) is 0 Å². The SMILES string of the molecule is CCCCCN.O=C(O)c1nc2ccccc2cc1F.c1c[nH]cn1. The standard InChI is InChI=1S/C10H6FNO2.C5H13N.C3H4N2/c11-7-5-6-3-1-2-4-8(6)12-9(7)10(13)14;1-2-3-4-5-6;1-2-5-3-4-1/h1-5H,(H,13,14);2-6H2,1H3;1-3H,(H,4,5). The average molecular weight is 346 g/mol. The lowest BCUT2D eigenvalue weighted by atomic mass is 10.2. The van der Waals surface area contributed by atoms with Crippen molar-refractivity contribution in [2.24, 2.45) is 5.73 Å². The summed E-state index contributed by atoms with van der Waals surface area (Å²) in [5.41, 5.74) is 5.15. The highest BCUT2D eigenvalue weighted by Crippen LogP contribution is 2.15.